The Hall–Kier alpha value is -1.07. The predicted molar refractivity (Wildman–Crippen MR) is 90.5 cm³/mol. The fourth-order valence-corrected chi connectivity index (χ4v) is 3.05. The van der Waals surface area contributed by atoms with E-state index in [0.29, 0.717) is 6.04 Å². The molecule has 5 heteroatoms. The summed E-state index contributed by atoms with van der Waals surface area (Å²) >= 11 is 3.71. The Bertz CT molecular complexity index is 583. The summed E-state index contributed by atoms with van der Waals surface area (Å²) in [5, 5.41) is 8.10. The Kier molecular flexibility index (Phi) is 5.65. The van der Waals surface area contributed by atoms with Gasteiger partial charge in [-0.1, -0.05) is 20.8 Å². The number of hydrogen-bond acceptors (Lipinski definition) is 2. The quantitative estimate of drug-likeness (QED) is 0.826. The summed E-state index contributed by atoms with van der Waals surface area (Å²) in [6, 6.07) is 2.69. The van der Waals surface area contributed by atoms with Crippen molar-refractivity contribution in [1.82, 2.24) is 19.7 Å². The van der Waals surface area contributed by atoms with Crippen molar-refractivity contribution in [1.29, 1.82) is 0 Å². The molecule has 2 aromatic rings. The summed E-state index contributed by atoms with van der Waals surface area (Å²) in [7, 11) is 0. The molecule has 0 saturated carbocycles. The predicted octanol–water partition coefficient (Wildman–Crippen LogP) is 3.58. The highest BCUT2D eigenvalue weighted by Crippen LogP contribution is 2.23. The van der Waals surface area contributed by atoms with E-state index in [1.165, 1.54) is 11.3 Å². The number of aryl methyl sites for hydroxylation is 2. The number of aromatic nitrogens is 3. The maximum atomic E-state index is 4.65. The van der Waals surface area contributed by atoms with E-state index >= 15 is 0 Å². The Balaban J connectivity index is 2.13. The molecule has 0 atom stereocenters. The molecule has 0 fully saturated rings. The van der Waals surface area contributed by atoms with E-state index in [0.717, 1.165) is 36.2 Å². The minimum absolute atomic E-state index is 0.510. The van der Waals surface area contributed by atoms with E-state index < -0.39 is 0 Å². The largest absolute Gasteiger partial charge is 0.348 e. The van der Waals surface area contributed by atoms with Gasteiger partial charge in [-0.05, 0) is 40.9 Å². The molecule has 0 unspecified atom stereocenters. The molecule has 0 aliphatic rings. The zero-order valence-corrected chi connectivity index (χ0v) is 14.9. The van der Waals surface area contributed by atoms with E-state index in [1.54, 1.807) is 0 Å². The second kappa shape index (κ2) is 7.27. The van der Waals surface area contributed by atoms with Crippen LogP contribution in [0.25, 0.3) is 0 Å². The average molecular weight is 353 g/mol. The number of nitrogens with zero attached hydrogens (tertiary/aromatic N) is 3. The van der Waals surface area contributed by atoms with Gasteiger partial charge in [0.2, 0.25) is 0 Å². The minimum atomic E-state index is 0.510. The zero-order chi connectivity index (χ0) is 15.4. The van der Waals surface area contributed by atoms with Crippen molar-refractivity contribution in [3.8, 4) is 0 Å². The van der Waals surface area contributed by atoms with Crippen LogP contribution in [0.15, 0.2) is 22.9 Å². The number of halogens is 1. The summed E-state index contributed by atoms with van der Waals surface area (Å²) in [4.78, 5) is 0. The lowest BCUT2D eigenvalue weighted by Gasteiger charge is -2.08. The Morgan fingerprint density at radius 3 is 2.71 bits per heavy atom. The molecule has 0 radical (unpaired) electrons. The topological polar surface area (TPSA) is 34.8 Å². The highest BCUT2D eigenvalue weighted by atomic mass is 79.9. The van der Waals surface area contributed by atoms with Crippen molar-refractivity contribution in [3.05, 3.63) is 39.9 Å². The molecule has 4 nitrogen and oxygen atoms in total. The van der Waals surface area contributed by atoms with Crippen molar-refractivity contribution in [2.45, 2.75) is 59.8 Å². The van der Waals surface area contributed by atoms with Gasteiger partial charge in [-0.25, -0.2) is 0 Å². The normalized spacial score (nSPS) is 11.5. The van der Waals surface area contributed by atoms with Gasteiger partial charge in [-0.2, -0.15) is 5.10 Å². The molecule has 0 aliphatic heterocycles. The second-order valence-corrected chi connectivity index (χ2v) is 6.40. The van der Waals surface area contributed by atoms with E-state index in [2.05, 4.69) is 81.7 Å². The monoisotopic (exact) mass is 352 g/mol. The lowest BCUT2D eigenvalue weighted by molar-refractivity contribution is 0.584. The molecule has 2 heterocycles. The molecule has 0 aromatic carbocycles. The molecular formula is C16H25BrN4. The van der Waals surface area contributed by atoms with Crippen molar-refractivity contribution >= 4 is 15.9 Å². The first-order chi connectivity index (χ1) is 10.0. The molecule has 116 valence electrons. The van der Waals surface area contributed by atoms with E-state index in [-0.39, 0.29) is 0 Å². The van der Waals surface area contributed by atoms with Gasteiger partial charge in [-0.3, -0.25) is 4.68 Å². The van der Waals surface area contributed by atoms with Gasteiger partial charge < -0.3 is 9.88 Å². The van der Waals surface area contributed by atoms with Crippen LogP contribution in [0.3, 0.4) is 0 Å². The standard InChI is InChI=1S/C16H25BrN4/c1-5-14-16(17)15(21(6-2)19-14)11-20-8-7-13(10-20)9-18-12(3)4/h7-8,10,12,18H,5-6,9,11H2,1-4H3. The van der Waals surface area contributed by atoms with Crippen LogP contribution in [0.5, 0.6) is 0 Å². The molecule has 2 aromatic heterocycles. The first kappa shape index (κ1) is 16.3. The maximum Gasteiger partial charge on any atom is 0.0767 e. The van der Waals surface area contributed by atoms with E-state index in [4.69, 9.17) is 0 Å². The third-order valence-corrected chi connectivity index (χ3v) is 4.47. The van der Waals surface area contributed by atoms with Crippen molar-refractivity contribution in [3.63, 3.8) is 0 Å². The minimum Gasteiger partial charge on any atom is -0.348 e. The van der Waals surface area contributed by atoms with Crippen LogP contribution < -0.4 is 5.32 Å². The van der Waals surface area contributed by atoms with Crippen LogP contribution in [0.2, 0.25) is 0 Å². The summed E-state index contributed by atoms with van der Waals surface area (Å²) in [6.45, 7) is 11.3. The third-order valence-electron chi connectivity index (χ3n) is 3.55. The second-order valence-electron chi connectivity index (χ2n) is 5.60. The van der Waals surface area contributed by atoms with Gasteiger partial charge in [0.1, 0.15) is 0 Å². The fourth-order valence-electron chi connectivity index (χ4n) is 2.36. The smallest absolute Gasteiger partial charge is 0.0767 e. The lowest BCUT2D eigenvalue weighted by Crippen LogP contribution is -2.21. The highest BCUT2D eigenvalue weighted by Gasteiger charge is 2.14. The van der Waals surface area contributed by atoms with E-state index in [1.807, 2.05) is 0 Å². The SMILES string of the molecule is CCc1nn(CC)c(Cn2ccc(CNC(C)C)c2)c1Br. The molecule has 0 aliphatic carbocycles. The maximum absolute atomic E-state index is 4.65. The van der Waals surface area contributed by atoms with Crippen LogP contribution in [0.4, 0.5) is 0 Å². The number of hydrogen-bond donors (Lipinski definition) is 1. The molecule has 1 N–H and O–H groups in total. The number of nitrogens with one attached hydrogen (secondary N) is 1. The molecule has 0 saturated heterocycles. The van der Waals surface area contributed by atoms with E-state index in [9.17, 15) is 0 Å². The van der Waals surface area contributed by atoms with Gasteiger partial charge in [-0.15, -0.1) is 0 Å². The number of rotatable bonds is 7. The molecular weight excluding hydrogens is 328 g/mol. The van der Waals surface area contributed by atoms with Crippen LogP contribution in [-0.2, 0) is 26.1 Å². The lowest BCUT2D eigenvalue weighted by atomic mass is 10.3. The Morgan fingerprint density at radius 1 is 1.33 bits per heavy atom. The Morgan fingerprint density at radius 2 is 2.10 bits per heavy atom. The average Bonchev–Trinajstić information content (AvgIpc) is 3.03. The van der Waals surface area contributed by atoms with Crippen molar-refractivity contribution in [2.75, 3.05) is 0 Å². The van der Waals surface area contributed by atoms with Crippen LogP contribution in [0, 0.1) is 0 Å². The van der Waals surface area contributed by atoms with Crippen LogP contribution in [0.1, 0.15) is 44.6 Å². The van der Waals surface area contributed by atoms with Gasteiger partial charge in [0.15, 0.2) is 0 Å². The van der Waals surface area contributed by atoms with Gasteiger partial charge in [0.05, 0.1) is 22.4 Å². The molecule has 0 spiro atoms. The van der Waals surface area contributed by atoms with Gasteiger partial charge >= 0.3 is 0 Å². The first-order valence-electron chi connectivity index (χ1n) is 7.67. The van der Waals surface area contributed by atoms with Gasteiger partial charge in [0.25, 0.3) is 0 Å². The van der Waals surface area contributed by atoms with Crippen LogP contribution in [-0.4, -0.2) is 20.4 Å². The Labute approximate surface area is 135 Å². The van der Waals surface area contributed by atoms with Crippen molar-refractivity contribution in [2.24, 2.45) is 0 Å². The van der Waals surface area contributed by atoms with Gasteiger partial charge in [0, 0.05) is 31.5 Å². The molecule has 2 rings (SSSR count). The summed E-state index contributed by atoms with van der Waals surface area (Å²) in [5.74, 6) is 0. The van der Waals surface area contributed by atoms with Crippen LogP contribution >= 0.6 is 15.9 Å². The summed E-state index contributed by atoms with van der Waals surface area (Å²) < 4.78 is 5.47. The molecule has 0 amide bonds. The molecule has 21 heavy (non-hydrogen) atoms. The zero-order valence-electron chi connectivity index (χ0n) is 13.4. The van der Waals surface area contributed by atoms with Crippen molar-refractivity contribution < 1.29 is 0 Å². The third kappa shape index (κ3) is 3.98. The summed E-state index contributed by atoms with van der Waals surface area (Å²) in [6.07, 6.45) is 5.30. The highest BCUT2D eigenvalue weighted by molar-refractivity contribution is 9.10. The fraction of sp³-hybridized carbons (Fsp3) is 0.562. The first-order valence-corrected chi connectivity index (χ1v) is 8.46. The molecule has 0 bridgehead atoms. The summed E-state index contributed by atoms with van der Waals surface area (Å²) in [5.41, 5.74) is 3.70.